The maximum Gasteiger partial charge on any atom is 0.353 e. The number of carboxylic acids is 1. The molecule has 3 heterocycles. The summed E-state index contributed by atoms with van der Waals surface area (Å²) in [4.78, 5) is 39.7. The molecule has 1 unspecified atom stereocenters. The lowest BCUT2D eigenvalue weighted by atomic mass is 10.1. The van der Waals surface area contributed by atoms with E-state index >= 15 is 0 Å². The SMILES string of the molecule is O=C(CSc1ccccc1)NC1C(=O)N2C(C(=O)O)=C(SCc3cn[nH]c3)CS[C@@H]12. The van der Waals surface area contributed by atoms with Crippen LogP contribution in [0.1, 0.15) is 5.56 Å². The second kappa shape index (κ2) is 9.19. The number of β-lactam (4-membered cyclic amide) rings is 1. The first-order valence-electron chi connectivity index (χ1n) is 9.03. The first kappa shape index (κ1) is 20.9. The number of nitrogens with zero attached hydrogens (tertiary/aromatic N) is 2. The first-order chi connectivity index (χ1) is 14.5. The molecule has 1 fully saturated rings. The number of aromatic amines is 1. The highest BCUT2D eigenvalue weighted by molar-refractivity contribution is 8.05. The Morgan fingerprint density at radius 3 is 2.80 bits per heavy atom. The molecule has 2 atom stereocenters. The summed E-state index contributed by atoms with van der Waals surface area (Å²) >= 11 is 4.24. The fraction of sp³-hybridized carbons (Fsp3) is 0.263. The van der Waals surface area contributed by atoms with E-state index in [0.29, 0.717) is 16.4 Å². The van der Waals surface area contributed by atoms with Crippen molar-refractivity contribution in [3.05, 3.63) is 58.9 Å². The van der Waals surface area contributed by atoms with Crippen molar-refractivity contribution in [1.82, 2.24) is 20.4 Å². The van der Waals surface area contributed by atoms with Gasteiger partial charge < -0.3 is 10.4 Å². The summed E-state index contributed by atoms with van der Waals surface area (Å²) < 4.78 is 0. The predicted molar refractivity (Wildman–Crippen MR) is 117 cm³/mol. The van der Waals surface area contributed by atoms with E-state index in [1.807, 2.05) is 30.3 Å². The quantitative estimate of drug-likeness (QED) is 0.404. The average Bonchev–Trinajstić information content (AvgIpc) is 3.28. The molecule has 2 aromatic rings. The maximum absolute atomic E-state index is 12.7. The van der Waals surface area contributed by atoms with E-state index in [4.69, 9.17) is 0 Å². The van der Waals surface area contributed by atoms with Gasteiger partial charge in [0.05, 0.1) is 11.9 Å². The fourth-order valence-corrected chi connectivity index (χ4v) is 6.39. The number of H-pyrrole nitrogens is 1. The van der Waals surface area contributed by atoms with Crippen molar-refractivity contribution in [3.8, 4) is 0 Å². The Balaban J connectivity index is 1.38. The molecule has 2 amide bonds. The van der Waals surface area contributed by atoms with Gasteiger partial charge >= 0.3 is 5.97 Å². The Labute approximate surface area is 185 Å². The zero-order valence-corrected chi connectivity index (χ0v) is 18.1. The third-order valence-corrected chi connectivity index (χ3v) is 8.17. The molecule has 0 radical (unpaired) electrons. The largest absolute Gasteiger partial charge is 0.477 e. The minimum Gasteiger partial charge on any atom is -0.477 e. The minimum atomic E-state index is -1.13. The van der Waals surface area contributed by atoms with Gasteiger partial charge in [-0.25, -0.2) is 4.79 Å². The smallest absolute Gasteiger partial charge is 0.353 e. The number of aromatic nitrogens is 2. The third kappa shape index (κ3) is 4.37. The highest BCUT2D eigenvalue weighted by Gasteiger charge is 2.54. The Morgan fingerprint density at radius 2 is 2.10 bits per heavy atom. The number of carbonyl (C=O) groups is 3. The van der Waals surface area contributed by atoms with Crippen molar-refractivity contribution < 1.29 is 19.5 Å². The van der Waals surface area contributed by atoms with E-state index in [1.165, 1.54) is 40.2 Å². The number of hydrogen-bond donors (Lipinski definition) is 3. The molecule has 0 aliphatic carbocycles. The Bertz CT molecular complexity index is 981. The van der Waals surface area contributed by atoms with Crippen LogP contribution in [0.4, 0.5) is 0 Å². The average molecular weight is 463 g/mol. The van der Waals surface area contributed by atoms with E-state index in [1.54, 1.807) is 12.4 Å². The van der Waals surface area contributed by atoms with Crippen molar-refractivity contribution in [1.29, 1.82) is 0 Å². The van der Waals surface area contributed by atoms with Crippen LogP contribution in [0.25, 0.3) is 0 Å². The number of carbonyl (C=O) groups excluding carboxylic acids is 2. The van der Waals surface area contributed by atoms with Gasteiger partial charge in [0.1, 0.15) is 17.1 Å². The summed E-state index contributed by atoms with van der Waals surface area (Å²) in [7, 11) is 0. The lowest BCUT2D eigenvalue weighted by molar-refractivity contribution is -0.150. The highest BCUT2D eigenvalue weighted by atomic mass is 32.2. The van der Waals surface area contributed by atoms with Crippen LogP contribution in [0.15, 0.2) is 58.2 Å². The molecule has 0 bridgehead atoms. The number of carboxylic acid groups (broad SMARTS) is 1. The minimum absolute atomic E-state index is 0.0152. The third-order valence-electron chi connectivity index (χ3n) is 4.53. The van der Waals surface area contributed by atoms with Crippen molar-refractivity contribution in [3.63, 3.8) is 0 Å². The summed E-state index contributed by atoms with van der Waals surface area (Å²) in [6, 6.07) is 8.83. The van der Waals surface area contributed by atoms with Crippen LogP contribution in [0.5, 0.6) is 0 Å². The topological polar surface area (TPSA) is 115 Å². The molecule has 1 saturated heterocycles. The molecule has 11 heteroatoms. The van der Waals surface area contributed by atoms with Crippen LogP contribution in [0.2, 0.25) is 0 Å². The molecule has 4 rings (SSSR count). The van der Waals surface area contributed by atoms with E-state index in [0.717, 1.165) is 10.5 Å². The number of nitrogens with one attached hydrogen (secondary N) is 2. The van der Waals surface area contributed by atoms with Gasteiger partial charge in [0.2, 0.25) is 5.91 Å². The molecule has 30 heavy (non-hydrogen) atoms. The lowest BCUT2D eigenvalue weighted by Gasteiger charge is -2.49. The molecule has 0 spiro atoms. The molecule has 2 aliphatic heterocycles. The van der Waals surface area contributed by atoms with Gasteiger partial charge in [0.25, 0.3) is 5.91 Å². The van der Waals surface area contributed by atoms with Crippen molar-refractivity contribution in [2.45, 2.75) is 22.1 Å². The van der Waals surface area contributed by atoms with Crippen molar-refractivity contribution >= 4 is 53.1 Å². The summed E-state index contributed by atoms with van der Waals surface area (Å²) in [5.74, 6) is -0.532. The summed E-state index contributed by atoms with van der Waals surface area (Å²) in [6.45, 7) is 0. The number of amides is 2. The summed E-state index contributed by atoms with van der Waals surface area (Å²) in [5, 5.41) is 18.7. The Morgan fingerprint density at radius 1 is 1.30 bits per heavy atom. The Hall–Kier alpha value is -2.37. The standard InChI is InChI=1S/C19H18N4O4S3/c24-14(10-28-12-4-2-1-3-5-12)22-15-17(25)23-16(19(26)27)13(9-30-18(15)23)29-8-11-6-20-21-7-11/h1-7,15,18H,8-10H2,(H,20,21)(H,22,24)(H,26,27)/t15?,18-/m0/s1. The number of hydrogen-bond acceptors (Lipinski definition) is 7. The monoisotopic (exact) mass is 462 g/mol. The van der Waals surface area contributed by atoms with Gasteiger partial charge in [-0.2, -0.15) is 5.10 Å². The van der Waals surface area contributed by atoms with Crippen molar-refractivity contribution in [2.24, 2.45) is 0 Å². The zero-order valence-electron chi connectivity index (χ0n) is 15.6. The molecular weight excluding hydrogens is 444 g/mol. The fourth-order valence-electron chi connectivity index (χ4n) is 3.11. The number of fused-ring (bicyclic) bond motifs is 1. The van der Waals surface area contributed by atoms with Crippen LogP contribution < -0.4 is 5.32 Å². The van der Waals surface area contributed by atoms with Crippen LogP contribution >= 0.6 is 35.3 Å². The van der Waals surface area contributed by atoms with Crippen LogP contribution in [-0.2, 0) is 20.1 Å². The van der Waals surface area contributed by atoms with E-state index < -0.39 is 17.4 Å². The molecular formula is C19H18N4O4S3. The number of rotatable bonds is 8. The molecule has 8 nitrogen and oxygen atoms in total. The number of benzene rings is 1. The van der Waals surface area contributed by atoms with Crippen LogP contribution in [-0.4, -0.2) is 60.9 Å². The van der Waals surface area contributed by atoms with Gasteiger partial charge in [0, 0.05) is 33.1 Å². The Kier molecular flexibility index (Phi) is 6.40. The van der Waals surface area contributed by atoms with E-state index in [-0.39, 0.29) is 23.3 Å². The zero-order chi connectivity index (χ0) is 21.1. The van der Waals surface area contributed by atoms with Gasteiger partial charge in [-0.1, -0.05) is 18.2 Å². The molecule has 0 saturated carbocycles. The van der Waals surface area contributed by atoms with Gasteiger partial charge in [-0.15, -0.1) is 35.3 Å². The van der Waals surface area contributed by atoms with E-state index in [9.17, 15) is 19.5 Å². The highest BCUT2D eigenvalue weighted by Crippen LogP contribution is 2.44. The second-order valence-electron chi connectivity index (χ2n) is 6.53. The number of thioether (sulfide) groups is 3. The van der Waals surface area contributed by atoms with Crippen molar-refractivity contribution in [2.75, 3.05) is 11.5 Å². The molecule has 3 N–H and O–H groups in total. The van der Waals surface area contributed by atoms with E-state index in [2.05, 4.69) is 15.5 Å². The summed E-state index contributed by atoms with van der Waals surface area (Å²) in [5.41, 5.74) is 0.960. The normalized spacial score (nSPS) is 20.5. The number of aliphatic carboxylic acids is 1. The van der Waals surface area contributed by atoms with Gasteiger partial charge in [-0.05, 0) is 12.1 Å². The summed E-state index contributed by atoms with van der Waals surface area (Å²) in [6.07, 6.45) is 3.43. The van der Waals surface area contributed by atoms with Gasteiger partial charge in [-0.3, -0.25) is 19.6 Å². The lowest BCUT2D eigenvalue weighted by Crippen LogP contribution is -2.70. The van der Waals surface area contributed by atoms with Crippen LogP contribution in [0, 0.1) is 0 Å². The maximum atomic E-state index is 12.7. The van der Waals surface area contributed by atoms with Crippen LogP contribution in [0.3, 0.4) is 0 Å². The predicted octanol–water partition coefficient (Wildman–Crippen LogP) is 2.13. The second-order valence-corrected chi connectivity index (χ2v) is 9.75. The molecule has 156 valence electrons. The molecule has 2 aliphatic rings. The molecule has 1 aromatic carbocycles. The van der Waals surface area contributed by atoms with Gasteiger partial charge in [0.15, 0.2) is 0 Å². The first-order valence-corrected chi connectivity index (χ1v) is 12.1. The molecule has 1 aromatic heterocycles.